The number of halogens is 2. The molecule has 2 heterocycles. The summed E-state index contributed by atoms with van der Waals surface area (Å²) in [6.07, 6.45) is 3.96. The number of aromatic nitrogens is 2. The highest BCUT2D eigenvalue weighted by Crippen LogP contribution is 2.50. The van der Waals surface area contributed by atoms with Gasteiger partial charge in [0.25, 0.3) is 0 Å². The largest absolute Gasteiger partial charge is 0.340 e. The van der Waals surface area contributed by atoms with Crippen LogP contribution in [-0.2, 0) is 40.3 Å². The minimum Gasteiger partial charge on any atom is -0.340 e. The van der Waals surface area contributed by atoms with Crippen LogP contribution in [0.4, 0.5) is 0 Å². The first-order chi connectivity index (χ1) is 22.2. The molecule has 0 aliphatic rings. The Labute approximate surface area is 288 Å². The second kappa shape index (κ2) is 15.8. The Hall–Kier alpha value is -1.48. The molecule has 250 valence electrons. The van der Waals surface area contributed by atoms with Crippen molar-refractivity contribution in [1.29, 1.82) is 0 Å². The van der Waals surface area contributed by atoms with Crippen LogP contribution in [-0.4, -0.2) is 47.9 Å². The highest BCUT2D eigenvalue weighted by atomic mass is 79.9. The summed E-state index contributed by atoms with van der Waals surface area (Å²) in [5, 5.41) is 4.79. The Balaban J connectivity index is 1.52. The average Bonchev–Trinajstić information content (AvgIpc) is 3.47. The van der Waals surface area contributed by atoms with Gasteiger partial charge in [-0.25, -0.2) is 0 Å². The monoisotopic (exact) mass is 796 g/mol. The molecule has 0 spiro atoms. The summed E-state index contributed by atoms with van der Waals surface area (Å²) < 4.78 is 55.1. The number of rotatable bonds is 18. The van der Waals surface area contributed by atoms with Crippen LogP contribution in [0.3, 0.4) is 0 Å². The van der Waals surface area contributed by atoms with E-state index >= 15 is 0 Å². The van der Waals surface area contributed by atoms with E-state index in [1.54, 1.807) is 0 Å². The van der Waals surface area contributed by atoms with Gasteiger partial charge >= 0.3 is 15.2 Å². The van der Waals surface area contributed by atoms with Gasteiger partial charge in [-0.2, -0.15) is 0 Å². The predicted octanol–water partition coefficient (Wildman–Crippen LogP) is 11.5. The molecule has 8 nitrogen and oxygen atoms in total. The molecule has 0 fully saturated rings. The van der Waals surface area contributed by atoms with Gasteiger partial charge in [0.05, 0.1) is 49.8 Å². The van der Waals surface area contributed by atoms with E-state index in [0.29, 0.717) is 38.8 Å². The fraction of sp³-hybridized carbons (Fsp3) is 0.471. The third-order valence-corrected chi connectivity index (χ3v) is 13.5. The van der Waals surface area contributed by atoms with Gasteiger partial charge in [-0.05, 0) is 102 Å². The topological polar surface area (TPSA) is 80.9 Å². The van der Waals surface area contributed by atoms with Crippen LogP contribution in [0.15, 0.2) is 57.5 Å². The third kappa shape index (κ3) is 7.87. The summed E-state index contributed by atoms with van der Waals surface area (Å²) in [6.45, 7) is 10.4. The van der Waals surface area contributed by atoms with E-state index in [1.165, 1.54) is 43.6 Å². The number of fused-ring (bicyclic) bond motifs is 6. The van der Waals surface area contributed by atoms with Crippen LogP contribution in [0.5, 0.6) is 0 Å². The van der Waals surface area contributed by atoms with Crippen LogP contribution < -0.4 is 0 Å². The molecule has 0 atom stereocenters. The molecular weight excluding hydrogens is 754 g/mol. The van der Waals surface area contributed by atoms with Crippen molar-refractivity contribution in [2.75, 3.05) is 38.8 Å². The summed E-state index contributed by atoms with van der Waals surface area (Å²) in [5.41, 5.74) is 4.67. The molecule has 0 saturated carbocycles. The predicted molar refractivity (Wildman–Crippen MR) is 198 cm³/mol. The summed E-state index contributed by atoms with van der Waals surface area (Å²) >= 11 is 7.40. The quantitative estimate of drug-likeness (QED) is 0.0649. The zero-order chi connectivity index (χ0) is 32.9. The highest BCUT2D eigenvalue weighted by Gasteiger charge is 2.24. The number of nitrogens with zero attached hydrogens (tertiary/aromatic N) is 2. The highest BCUT2D eigenvalue weighted by molar-refractivity contribution is 9.10. The molecule has 46 heavy (non-hydrogen) atoms. The van der Waals surface area contributed by atoms with Crippen molar-refractivity contribution < 1.29 is 27.2 Å². The lowest BCUT2D eigenvalue weighted by Crippen LogP contribution is -2.04. The Morgan fingerprint density at radius 1 is 0.522 bits per heavy atom. The SMILES string of the molecule is CCOP(=O)(CCCCn1c2ccc(Br)cc2c2cc3c4cc(Br)ccc4n(CCCCP(=O)(OCC)OCC)c3cc21)OCC. The van der Waals surface area contributed by atoms with Crippen LogP contribution >= 0.6 is 47.1 Å². The first-order valence-corrected chi connectivity index (χ1v) is 21.3. The van der Waals surface area contributed by atoms with Crippen molar-refractivity contribution in [3.05, 3.63) is 57.5 Å². The average molecular weight is 798 g/mol. The molecule has 0 aliphatic heterocycles. The molecule has 5 rings (SSSR count). The number of hydrogen-bond acceptors (Lipinski definition) is 6. The number of hydrogen-bond donors (Lipinski definition) is 0. The van der Waals surface area contributed by atoms with E-state index in [1.807, 2.05) is 27.7 Å². The Kier molecular flexibility index (Phi) is 12.3. The van der Waals surface area contributed by atoms with Crippen molar-refractivity contribution in [2.24, 2.45) is 0 Å². The van der Waals surface area contributed by atoms with Crippen LogP contribution in [0.2, 0.25) is 0 Å². The minimum absolute atomic E-state index is 0.373. The van der Waals surface area contributed by atoms with Crippen LogP contribution in [0.25, 0.3) is 43.6 Å². The van der Waals surface area contributed by atoms with Gasteiger partial charge in [0.1, 0.15) is 0 Å². The molecule has 0 aliphatic carbocycles. The van der Waals surface area contributed by atoms with Gasteiger partial charge in [-0.15, -0.1) is 0 Å². The second-order valence-electron chi connectivity index (χ2n) is 11.3. The van der Waals surface area contributed by atoms with Crippen molar-refractivity contribution in [2.45, 2.75) is 66.5 Å². The van der Waals surface area contributed by atoms with Crippen molar-refractivity contribution >= 4 is 90.7 Å². The van der Waals surface area contributed by atoms with Crippen LogP contribution in [0, 0.1) is 0 Å². The fourth-order valence-electron chi connectivity index (χ4n) is 6.39. The molecule has 5 aromatic rings. The molecule has 2 aromatic heterocycles. The van der Waals surface area contributed by atoms with Gasteiger partial charge < -0.3 is 27.2 Å². The van der Waals surface area contributed by atoms with Gasteiger partial charge in [0.2, 0.25) is 0 Å². The number of benzene rings is 3. The van der Waals surface area contributed by atoms with E-state index in [0.717, 1.165) is 47.7 Å². The van der Waals surface area contributed by atoms with Gasteiger partial charge in [0.15, 0.2) is 0 Å². The van der Waals surface area contributed by atoms with Crippen molar-refractivity contribution in [3.8, 4) is 0 Å². The van der Waals surface area contributed by atoms with Crippen molar-refractivity contribution in [3.63, 3.8) is 0 Å². The molecule has 0 radical (unpaired) electrons. The normalized spacial score (nSPS) is 12.8. The van der Waals surface area contributed by atoms with Gasteiger partial charge in [-0.3, -0.25) is 9.13 Å². The molecule has 12 heteroatoms. The molecule has 3 aromatic carbocycles. The maximum Gasteiger partial charge on any atom is 0.330 e. The maximum atomic E-state index is 13.1. The molecule has 0 N–H and O–H groups in total. The van der Waals surface area contributed by atoms with Gasteiger partial charge in [-0.1, -0.05) is 31.9 Å². The zero-order valence-electron chi connectivity index (χ0n) is 27.1. The maximum absolute atomic E-state index is 13.1. The number of aryl methyl sites for hydroxylation is 2. The lowest BCUT2D eigenvalue weighted by Gasteiger charge is -2.17. The van der Waals surface area contributed by atoms with E-state index in [4.69, 9.17) is 18.1 Å². The lowest BCUT2D eigenvalue weighted by atomic mass is 10.1. The van der Waals surface area contributed by atoms with Crippen molar-refractivity contribution in [1.82, 2.24) is 9.13 Å². The van der Waals surface area contributed by atoms with E-state index in [2.05, 4.69) is 89.5 Å². The summed E-state index contributed by atoms with van der Waals surface area (Å²) in [7, 11) is -6.15. The third-order valence-electron chi connectivity index (χ3n) is 8.21. The Bertz CT molecular complexity index is 1770. The molecule has 0 amide bonds. The second-order valence-corrected chi connectivity index (χ2v) is 17.5. The minimum atomic E-state index is -3.08. The van der Waals surface area contributed by atoms with E-state index in [-0.39, 0.29) is 0 Å². The lowest BCUT2D eigenvalue weighted by molar-refractivity contribution is 0.218. The first-order valence-electron chi connectivity index (χ1n) is 16.2. The Morgan fingerprint density at radius 3 is 1.26 bits per heavy atom. The zero-order valence-corrected chi connectivity index (χ0v) is 32.1. The molecule has 0 bridgehead atoms. The molecular formula is C34H44Br2N2O6P2. The Morgan fingerprint density at radius 2 is 0.891 bits per heavy atom. The number of unbranched alkanes of at least 4 members (excludes halogenated alkanes) is 2. The standard InChI is InChI=1S/C34H44Br2N2O6P2/c1-5-41-45(39,42-6-2)19-11-9-17-37-31-15-13-25(35)21-27(31)29-23-30-28-22-26(36)14-16-32(28)38(34(30)24-33(29)37)18-10-12-20-46(40,43-7-3)44-8-4/h13-16,21-24H,5-12,17-20H2,1-4H3. The molecule has 0 unspecified atom stereocenters. The van der Waals surface area contributed by atoms with E-state index < -0.39 is 15.2 Å². The van der Waals surface area contributed by atoms with Crippen LogP contribution in [0.1, 0.15) is 53.4 Å². The van der Waals surface area contributed by atoms with E-state index in [9.17, 15) is 9.13 Å². The fourth-order valence-corrected chi connectivity index (χ4v) is 10.6. The summed E-state index contributed by atoms with van der Waals surface area (Å²) in [4.78, 5) is 0. The summed E-state index contributed by atoms with van der Waals surface area (Å²) in [5.74, 6) is 0. The summed E-state index contributed by atoms with van der Waals surface area (Å²) in [6, 6.07) is 17.6. The van der Waals surface area contributed by atoms with Gasteiger partial charge in [0, 0.05) is 54.6 Å². The smallest absolute Gasteiger partial charge is 0.330 e. The molecule has 0 saturated heterocycles. The first kappa shape index (κ1) is 35.8.